The molecule has 2 N–H and O–H groups in total. The Morgan fingerprint density at radius 1 is 1.23 bits per heavy atom. The number of imidazole rings is 1. The summed E-state index contributed by atoms with van der Waals surface area (Å²) in [6.45, 7) is 5.95. The molecule has 0 unspecified atom stereocenters. The first-order valence-electron chi connectivity index (χ1n) is 9.26. The van der Waals surface area contributed by atoms with Gasteiger partial charge in [0.05, 0.1) is 17.6 Å². The van der Waals surface area contributed by atoms with Crippen LogP contribution in [-0.4, -0.2) is 15.5 Å². The number of hydrogen-bond donors (Lipinski definition) is 2. The molecule has 0 saturated carbocycles. The van der Waals surface area contributed by atoms with Gasteiger partial charge in [0.1, 0.15) is 5.82 Å². The zero-order valence-corrected chi connectivity index (χ0v) is 15.2. The van der Waals surface area contributed by atoms with Crippen LogP contribution >= 0.6 is 0 Å². The predicted octanol–water partition coefficient (Wildman–Crippen LogP) is 3.79. The maximum atomic E-state index is 11.5. The van der Waals surface area contributed by atoms with Crippen molar-refractivity contribution in [2.24, 2.45) is 0 Å². The van der Waals surface area contributed by atoms with E-state index < -0.39 is 0 Å². The first-order chi connectivity index (χ1) is 12.7. The van der Waals surface area contributed by atoms with Gasteiger partial charge in [-0.05, 0) is 49.6 Å². The lowest BCUT2D eigenvalue weighted by Crippen LogP contribution is -2.22. The van der Waals surface area contributed by atoms with E-state index >= 15 is 0 Å². The molecule has 0 spiro atoms. The number of aromatic nitrogens is 2. The van der Waals surface area contributed by atoms with E-state index in [-0.39, 0.29) is 11.9 Å². The van der Waals surface area contributed by atoms with Crippen LogP contribution in [0.5, 0.6) is 0 Å². The van der Waals surface area contributed by atoms with Crippen LogP contribution in [0.2, 0.25) is 0 Å². The standard InChI is InChI=1S/C21H24N4O/c1-3-25-19-7-5-4-6-18(19)23-20(25)13-22-14(2)15-8-10-17-16(12-15)9-11-21(26)24-17/h4-8,10,12,14,22H,3,9,11,13H2,1-2H3,(H,24,26)/t14-/m0/s1. The van der Waals surface area contributed by atoms with Crippen molar-refractivity contribution < 1.29 is 4.79 Å². The highest BCUT2D eigenvalue weighted by Gasteiger charge is 2.17. The molecule has 0 aliphatic carbocycles. The molecule has 1 aromatic heterocycles. The number of aryl methyl sites for hydroxylation is 2. The third-order valence-corrected chi connectivity index (χ3v) is 5.14. The molecule has 0 fully saturated rings. The van der Waals surface area contributed by atoms with E-state index in [1.165, 1.54) is 16.6 Å². The van der Waals surface area contributed by atoms with Gasteiger partial charge >= 0.3 is 0 Å². The fourth-order valence-electron chi connectivity index (χ4n) is 3.65. The SMILES string of the molecule is CCn1c(CN[C@@H](C)c2ccc3c(c2)CCC(=O)N3)nc2ccccc21. The predicted molar refractivity (Wildman–Crippen MR) is 104 cm³/mol. The van der Waals surface area contributed by atoms with Crippen molar-refractivity contribution in [2.45, 2.75) is 45.8 Å². The third-order valence-electron chi connectivity index (χ3n) is 5.14. The largest absolute Gasteiger partial charge is 0.327 e. The molecule has 26 heavy (non-hydrogen) atoms. The molecule has 2 aromatic carbocycles. The number of nitrogens with one attached hydrogen (secondary N) is 2. The first kappa shape index (κ1) is 16.8. The molecule has 0 radical (unpaired) electrons. The number of fused-ring (bicyclic) bond motifs is 2. The second kappa shape index (κ2) is 6.92. The van der Waals surface area contributed by atoms with Gasteiger partial charge in [0.2, 0.25) is 5.91 Å². The monoisotopic (exact) mass is 348 g/mol. The first-order valence-corrected chi connectivity index (χ1v) is 9.26. The molecule has 3 aromatic rings. The average molecular weight is 348 g/mol. The fraction of sp³-hybridized carbons (Fsp3) is 0.333. The quantitative estimate of drug-likeness (QED) is 0.737. The number of para-hydroxylation sites is 2. The normalized spacial score (nSPS) is 14.9. The molecule has 134 valence electrons. The molecule has 1 aliphatic heterocycles. The Balaban J connectivity index is 1.51. The second-order valence-corrected chi connectivity index (χ2v) is 6.83. The summed E-state index contributed by atoms with van der Waals surface area (Å²) >= 11 is 0. The van der Waals surface area contributed by atoms with Gasteiger partial charge in [-0.3, -0.25) is 4.79 Å². The van der Waals surface area contributed by atoms with Crippen molar-refractivity contribution in [2.75, 3.05) is 5.32 Å². The van der Waals surface area contributed by atoms with Crippen LogP contribution in [0.15, 0.2) is 42.5 Å². The molecule has 1 amide bonds. The Hall–Kier alpha value is -2.66. The summed E-state index contributed by atoms with van der Waals surface area (Å²) in [6, 6.07) is 14.8. The smallest absolute Gasteiger partial charge is 0.224 e. The van der Waals surface area contributed by atoms with Gasteiger partial charge in [-0.1, -0.05) is 24.3 Å². The van der Waals surface area contributed by atoms with E-state index in [1.54, 1.807) is 0 Å². The molecule has 2 heterocycles. The van der Waals surface area contributed by atoms with Gasteiger partial charge in [-0.2, -0.15) is 0 Å². The summed E-state index contributed by atoms with van der Waals surface area (Å²) in [5, 5.41) is 6.54. The van der Waals surface area contributed by atoms with Crippen LogP contribution in [0.3, 0.4) is 0 Å². The van der Waals surface area contributed by atoms with Gasteiger partial charge in [-0.25, -0.2) is 4.98 Å². The minimum Gasteiger partial charge on any atom is -0.327 e. The van der Waals surface area contributed by atoms with E-state index in [0.29, 0.717) is 6.42 Å². The number of rotatable bonds is 5. The topological polar surface area (TPSA) is 59.0 Å². The van der Waals surface area contributed by atoms with E-state index in [2.05, 4.69) is 59.4 Å². The number of anilines is 1. The summed E-state index contributed by atoms with van der Waals surface area (Å²) in [6.07, 6.45) is 1.38. The number of carbonyl (C=O) groups excluding carboxylic acids is 1. The number of amides is 1. The molecule has 0 saturated heterocycles. The van der Waals surface area contributed by atoms with E-state index in [9.17, 15) is 4.79 Å². The van der Waals surface area contributed by atoms with Crippen LogP contribution in [0, 0.1) is 0 Å². The molecule has 4 rings (SSSR count). The van der Waals surface area contributed by atoms with Crippen molar-refractivity contribution in [3.63, 3.8) is 0 Å². The Labute approximate surface area is 153 Å². The zero-order valence-electron chi connectivity index (χ0n) is 15.2. The minimum atomic E-state index is 0.106. The number of hydrogen-bond acceptors (Lipinski definition) is 3. The zero-order chi connectivity index (χ0) is 18.1. The van der Waals surface area contributed by atoms with Crippen LogP contribution < -0.4 is 10.6 Å². The summed E-state index contributed by atoms with van der Waals surface area (Å²) in [4.78, 5) is 16.3. The lowest BCUT2D eigenvalue weighted by atomic mass is 9.98. The Bertz CT molecular complexity index is 960. The van der Waals surface area contributed by atoms with Crippen LogP contribution in [-0.2, 0) is 24.3 Å². The average Bonchev–Trinajstić information content (AvgIpc) is 3.03. The maximum absolute atomic E-state index is 11.5. The summed E-state index contributed by atoms with van der Waals surface area (Å²) in [5.41, 5.74) is 5.63. The summed E-state index contributed by atoms with van der Waals surface area (Å²) < 4.78 is 2.26. The van der Waals surface area contributed by atoms with Gasteiger partial charge in [0.25, 0.3) is 0 Å². The Morgan fingerprint density at radius 2 is 2.08 bits per heavy atom. The fourth-order valence-corrected chi connectivity index (χ4v) is 3.65. The number of benzene rings is 2. The number of nitrogens with zero attached hydrogens (tertiary/aromatic N) is 2. The maximum Gasteiger partial charge on any atom is 0.224 e. The van der Waals surface area contributed by atoms with E-state index in [0.717, 1.165) is 36.5 Å². The molecule has 5 nitrogen and oxygen atoms in total. The van der Waals surface area contributed by atoms with Crippen molar-refractivity contribution in [3.8, 4) is 0 Å². The van der Waals surface area contributed by atoms with Crippen LogP contribution in [0.1, 0.15) is 43.3 Å². The Morgan fingerprint density at radius 3 is 2.92 bits per heavy atom. The molecular formula is C21H24N4O. The van der Waals surface area contributed by atoms with E-state index in [1.807, 2.05) is 12.1 Å². The molecular weight excluding hydrogens is 324 g/mol. The highest BCUT2D eigenvalue weighted by atomic mass is 16.1. The van der Waals surface area contributed by atoms with Gasteiger partial charge in [-0.15, -0.1) is 0 Å². The van der Waals surface area contributed by atoms with Crippen molar-refractivity contribution in [1.82, 2.24) is 14.9 Å². The van der Waals surface area contributed by atoms with Crippen molar-refractivity contribution in [1.29, 1.82) is 0 Å². The second-order valence-electron chi connectivity index (χ2n) is 6.83. The molecule has 1 aliphatic rings. The summed E-state index contributed by atoms with van der Waals surface area (Å²) in [7, 11) is 0. The summed E-state index contributed by atoms with van der Waals surface area (Å²) in [5.74, 6) is 1.17. The Kier molecular flexibility index (Phi) is 4.47. The number of carbonyl (C=O) groups is 1. The third kappa shape index (κ3) is 3.10. The molecule has 5 heteroatoms. The lowest BCUT2D eigenvalue weighted by Gasteiger charge is -2.20. The van der Waals surface area contributed by atoms with Gasteiger partial charge < -0.3 is 15.2 Å². The lowest BCUT2D eigenvalue weighted by molar-refractivity contribution is -0.116. The van der Waals surface area contributed by atoms with Gasteiger partial charge in [0.15, 0.2) is 0 Å². The van der Waals surface area contributed by atoms with Crippen LogP contribution in [0.4, 0.5) is 5.69 Å². The molecule has 0 bridgehead atoms. The van der Waals surface area contributed by atoms with E-state index in [4.69, 9.17) is 4.98 Å². The van der Waals surface area contributed by atoms with Crippen LogP contribution in [0.25, 0.3) is 11.0 Å². The highest BCUT2D eigenvalue weighted by molar-refractivity contribution is 5.93. The minimum absolute atomic E-state index is 0.106. The highest BCUT2D eigenvalue weighted by Crippen LogP contribution is 2.26. The molecule has 1 atom stereocenters. The van der Waals surface area contributed by atoms with Crippen molar-refractivity contribution in [3.05, 3.63) is 59.4 Å². The van der Waals surface area contributed by atoms with Crippen molar-refractivity contribution >= 4 is 22.6 Å². The van der Waals surface area contributed by atoms with Gasteiger partial charge in [0, 0.05) is 24.7 Å².